The quantitative estimate of drug-likeness (QED) is 0.874. The van der Waals surface area contributed by atoms with Gasteiger partial charge in [-0.25, -0.2) is 4.79 Å². The zero-order chi connectivity index (χ0) is 12.8. The van der Waals surface area contributed by atoms with Crippen LogP contribution in [0.1, 0.15) is 6.92 Å². The molecule has 17 heavy (non-hydrogen) atoms. The molecule has 0 aliphatic carbocycles. The van der Waals surface area contributed by atoms with E-state index in [1.165, 1.54) is 7.11 Å². The second-order valence-electron chi connectivity index (χ2n) is 3.05. The van der Waals surface area contributed by atoms with Crippen molar-refractivity contribution in [2.75, 3.05) is 20.3 Å². The van der Waals surface area contributed by atoms with Gasteiger partial charge in [-0.05, 0) is 19.1 Å². The summed E-state index contributed by atoms with van der Waals surface area (Å²) in [6.07, 6.45) is 0. The van der Waals surface area contributed by atoms with Crippen molar-refractivity contribution in [1.29, 1.82) is 0 Å². The first kappa shape index (κ1) is 13.6. The minimum absolute atomic E-state index is 0.327. The third kappa shape index (κ3) is 3.81. The zero-order valence-electron chi connectivity index (χ0n) is 9.53. The van der Waals surface area contributed by atoms with E-state index in [0.717, 1.165) is 4.47 Å². The molecular weight excluding hydrogens is 292 g/mol. The highest BCUT2D eigenvalue weighted by atomic mass is 79.9. The Labute approximate surface area is 107 Å². The van der Waals surface area contributed by atoms with Crippen LogP contribution in [-0.4, -0.2) is 31.4 Å². The molecule has 0 radical (unpaired) electrons. The summed E-state index contributed by atoms with van der Waals surface area (Å²) in [6, 6.07) is 3.36. The van der Waals surface area contributed by atoms with Crippen LogP contribution in [0.25, 0.3) is 0 Å². The highest BCUT2D eigenvalue weighted by Gasteiger charge is 2.14. The molecule has 1 aromatic carbocycles. The summed E-state index contributed by atoms with van der Waals surface area (Å²) in [4.78, 5) is 10.5. The third-order valence-electron chi connectivity index (χ3n) is 1.84. The number of aliphatic carboxylic acids is 1. The van der Waals surface area contributed by atoms with Crippen molar-refractivity contribution in [1.82, 2.24) is 0 Å². The molecule has 0 unspecified atom stereocenters. The van der Waals surface area contributed by atoms with Crippen LogP contribution in [0.5, 0.6) is 17.2 Å². The molecule has 5 nitrogen and oxygen atoms in total. The summed E-state index contributed by atoms with van der Waals surface area (Å²) < 4.78 is 16.4. The summed E-state index contributed by atoms with van der Waals surface area (Å²) in [5, 5.41) is 8.57. The predicted molar refractivity (Wildman–Crippen MR) is 65.0 cm³/mol. The Morgan fingerprint density at radius 1 is 1.35 bits per heavy atom. The van der Waals surface area contributed by atoms with Gasteiger partial charge in [0, 0.05) is 4.47 Å². The number of hydrogen-bond donors (Lipinski definition) is 1. The monoisotopic (exact) mass is 304 g/mol. The molecule has 0 bridgehead atoms. The van der Waals surface area contributed by atoms with E-state index in [9.17, 15) is 4.79 Å². The van der Waals surface area contributed by atoms with Crippen molar-refractivity contribution in [3.05, 3.63) is 16.6 Å². The smallest absolute Gasteiger partial charge is 0.341 e. The number of carboxylic acids is 1. The van der Waals surface area contributed by atoms with Crippen LogP contribution in [0, 0.1) is 0 Å². The Bertz CT molecular complexity index is 405. The number of rotatable bonds is 6. The maximum atomic E-state index is 10.5. The number of carboxylic acid groups (broad SMARTS) is 1. The summed E-state index contributed by atoms with van der Waals surface area (Å²) >= 11 is 3.29. The second-order valence-corrected chi connectivity index (χ2v) is 3.97. The number of halogens is 1. The number of ether oxygens (including phenoxy) is 3. The normalized spacial score (nSPS) is 9.82. The van der Waals surface area contributed by atoms with E-state index in [4.69, 9.17) is 19.3 Å². The molecule has 0 saturated carbocycles. The standard InChI is InChI=1S/C11H13BrO5/c1-3-16-8-4-7(12)5-9(11(8)15-2)17-6-10(13)14/h4-5H,3,6H2,1-2H3,(H,13,14). The van der Waals surface area contributed by atoms with Gasteiger partial charge in [0.25, 0.3) is 0 Å². The maximum absolute atomic E-state index is 10.5. The predicted octanol–water partition coefficient (Wildman–Crippen LogP) is 2.32. The molecule has 0 aromatic heterocycles. The van der Waals surface area contributed by atoms with Gasteiger partial charge < -0.3 is 19.3 Å². The second kappa shape index (κ2) is 6.34. The van der Waals surface area contributed by atoms with Gasteiger partial charge >= 0.3 is 5.97 Å². The zero-order valence-corrected chi connectivity index (χ0v) is 11.1. The van der Waals surface area contributed by atoms with Crippen LogP contribution >= 0.6 is 15.9 Å². The van der Waals surface area contributed by atoms with Crippen molar-refractivity contribution in [3.63, 3.8) is 0 Å². The van der Waals surface area contributed by atoms with Gasteiger partial charge in [0.2, 0.25) is 5.75 Å². The lowest BCUT2D eigenvalue weighted by molar-refractivity contribution is -0.139. The Hall–Kier alpha value is -1.43. The van der Waals surface area contributed by atoms with Gasteiger partial charge in [-0.15, -0.1) is 0 Å². The lowest BCUT2D eigenvalue weighted by Gasteiger charge is -2.14. The van der Waals surface area contributed by atoms with Gasteiger partial charge in [0.15, 0.2) is 18.1 Å². The van der Waals surface area contributed by atoms with Crippen molar-refractivity contribution < 1.29 is 24.1 Å². The third-order valence-corrected chi connectivity index (χ3v) is 2.30. The molecule has 1 N–H and O–H groups in total. The molecule has 0 saturated heterocycles. The first-order chi connectivity index (χ1) is 8.08. The van der Waals surface area contributed by atoms with Crippen LogP contribution in [0.2, 0.25) is 0 Å². The number of carbonyl (C=O) groups is 1. The van der Waals surface area contributed by atoms with Crippen LogP contribution < -0.4 is 14.2 Å². The minimum atomic E-state index is -1.05. The lowest BCUT2D eigenvalue weighted by Crippen LogP contribution is -2.10. The van der Waals surface area contributed by atoms with E-state index in [-0.39, 0.29) is 0 Å². The summed E-state index contributed by atoms with van der Waals surface area (Å²) in [5.41, 5.74) is 0. The van der Waals surface area contributed by atoms with E-state index in [2.05, 4.69) is 15.9 Å². The summed E-state index contributed by atoms with van der Waals surface area (Å²) in [5.74, 6) is 0.166. The van der Waals surface area contributed by atoms with E-state index in [1.54, 1.807) is 12.1 Å². The highest BCUT2D eigenvalue weighted by molar-refractivity contribution is 9.10. The first-order valence-electron chi connectivity index (χ1n) is 4.93. The average Bonchev–Trinajstić information content (AvgIpc) is 2.26. The fourth-order valence-electron chi connectivity index (χ4n) is 1.26. The van der Waals surface area contributed by atoms with Crippen molar-refractivity contribution >= 4 is 21.9 Å². The first-order valence-corrected chi connectivity index (χ1v) is 5.72. The molecule has 1 aromatic rings. The van der Waals surface area contributed by atoms with Gasteiger partial charge in [-0.1, -0.05) is 15.9 Å². The Balaban J connectivity index is 3.04. The topological polar surface area (TPSA) is 65.0 Å². The lowest BCUT2D eigenvalue weighted by atomic mass is 10.3. The van der Waals surface area contributed by atoms with Crippen molar-refractivity contribution in [2.45, 2.75) is 6.92 Å². The van der Waals surface area contributed by atoms with Crippen LogP contribution in [-0.2, 0) is 4.79 Å². The van der Waals surface area contributed by atoms with E-state index in [0.29, 0.717) is 23.9 Å². The number of benzene rings is 1. The SMILES string of the molecule is CCOc1cc(Br)cc(OCC(=O)O)c1OC. The van der Waals surface area contributed by atoms with Crippen molar-refractivity contribution in [3.8, 4) is 17.2 Å². The van der Waals surface area contributed by atoms with Crippen LogP contribution in [0.4, 0.5) is 0 Å². The van der Waals surface area contributed by atoms with Gasteiger partial charge in [-0.3, -0.25) is 0 Å². The molecule has 0 aliphatic heterocycles. The fraction of sp³-hybridized carbons (Fsp3) is 0.364. The molecule has 0 atom stereocenters. The van der Waals surface area contributed by atoms with E-state index >= 15 is 0 Å². The molecular formula is C11H13BrO5. The number of methoxy groups -OCH3 is 1. The Morgan fingerprint density at radius 2 is 1.94 bits per heavy atom. The van der Waals surface area contributed by atoms with Crippen LogP contribution in [0.15, 0.2) is 16.6 Å². The fourth-order valence-corrected chi connectivity index (χ4v) is 1.67. The maximum Gasteiger partial charge on any atom is 0.341 e. The van der Waals surface area contributed by atoms with E-state index in [1.807, 2.05) is 6.92 Å². The molecule has 6 heteroatoms. The highest BCUT2D eigenvalue weighted by Crippen LogP contribution is 2.40. The molecule has 0 fully saturated rings. The largest absolute Gasteiger partial charge is 0.490 e. The van der Waals surface area contributed by atoms with E-state index < -0.39 is 12.6 Å². The summed E-state index contributed by atoms with van der Waals surface area (Å²) in [7, 11) is 1.47. The van der Waals surface area contributed by atoms with Gasteiger partial charge in [-0.2, -0.15) is 0 Å². The van der Waals surface area contributed by atoms with Crippen LogP contribution in [0.3, 0.4) is 0 Å². The molecule has 94 valence electrons. The average molecular weight is 305 g/mol. The Kier molecular flexibility index (Phi) is 5.09. The summed E-state index contributed by atoms with van der Waals surface area (Å²) in [6.45, 7) is 1.89. The van der Waals surface area contributed by atoms with Crippen molar-refractivity contribution in [2.24, 2.45) is 0 Å². The Morgan fingerprint density at radius 3 is 2.41 bits per heavy atom. The molecule has 0 aliphatic rings. The number of hydrogen-bond acceptors (Lipinski definition) is 4. The molecule has 1 rings (SSSR count). The van der Waals surface area contributed by atoms with Gasteiger partial charge in [0.05, 0.1) is 13.7 Å². The molecule has 0 spiro atoms. The van der Waals surface area contributed by atoms with Gasteiger partial charge in [0.1, 0.15) is 0 Å². The minimum Gasteiger partial charge on any atom is -0.490 e. The molecule has 0 heterocycles. The molecule has 0 amide bonds.